The Bertz CT molecular complexity index is 872. The van der Waals surface area contributed by atoms with E-state index >= 15 is 0 Å². The first kappa shape index (κ1) is 19.1. The summed E-state index contributed by atoms with van der Waals surface area (Å²) in [6.45, 7) is 11.0. The van der Waals surface area contributed by atoms with E-state index in [0.29, 0.717) is 12.0 Å². The van der Waals surface area contributed by atoms with Gasteiger partial charge in [-0.15, -0.1) is 6.58 Å². The van der Waals surface area contributed by atoms with Crippen molar-refractivity contribution >= 4 is 19.9 Å². The maximum absolute atomic E-state index is 13.3. The lowest BCUT2D eigenvalue weighted by Gasteiger charge is -2.36. The molecule has 0 saturated carbocycles. The highest BCUT2D eigenvalue weighted by Crippen LogP contribution is 2.35. The summed E-state index contributed by atoms with van der Waals surface area (Å²) >= 11 is 0. The minimum Gasteiger partial charge on any atom is -0.229 e. The van der Waals surface area contributed by atoms with E-state index in [1.54, 1.807) is 19.9 Å². The normalized spacial score (nSPS) is 23.5. The van der Waals surface area contributed by atoms with Crippen LogP contribution in [0.1, 0.15) is 30.0 Å². The molecular weight excluding hydrogens is 346 g/mol. The van der Waals surface area contributed by atoms with Crippen LogP contribution in [0.25, 0.3) is 0 Å². The molecule has 0 radical (unpaired) electrons. The van der Waals surface area contributed by atoms with Gasteiger partial charge in [0, 0.05) is 12.1 Å². The van der Waals surface area contributed by atoms with Gasteiger partial charge in [-0.3, -0.25) is 0 Å². The van der Waals surface area contributed by atoms with E-state index in [2.05, 4.69) is 6.58 Å². The Kier molecular flexibility index (Phi) is 5.01. The predicted octanol–water partition coefficient (Wildman–Crippen LogP) is 2.37. The second kappa shape index (κ2) is 6.28. The Hall–Kier alpha value is -1.18. The summed E-state index contributed by atoms with van der Waals surface area (Å²) in [6, 6.07) is 3.52. The molecule has 0 spiro atoms. The largest absolute Gasteiger partial charge is 0.244 e. The Balaban J connectivity index is 2.59. The maximum atomic E-state index is 13.3. The van der Waals surface area contributed by atoms with Crippen LogP contribution in [0.4, 0.5) is 0 Å². The van der Waals surface area contributed by atoms with Crippen LogP contribution in [0.5, 0.6) is 0 Å². The average Bonchev–Trinajstić information content (AvgIpc) is 2.74. The number of nitrogens with zero attached hydrogens (tertiary/aromatic N) is 1. The fraction of sp³-hybridized carbons (Fsp3) is 0.529. The SMILES string of the molecule is C=CCN([C@@]1(C)CCS(=O)(=O)C1)S(=O)(=O)c1cc(C)c(C)cc1C. The lowest BCUT2D eigenvalue weighted by Crippen LogP contribution is -2.50. The van der Waals surface area contributed by atoms with Crippen molar-refractivity contribution in [2.24, 2.45) is 0 Å². The van der Waals surface area contributed by atoms with Gasteiger partial charge in [0.05, 0.1) is 16.4 Å². The highest BCUT2D eigenvalue weighted by Gasteiger charge is 2.47. The first-order valence-corrected chi connectivity index (χ1v) is 11.1. The standard InChI is InChI=1S/C17H25NO4S2/c1-6-8-18(17(5)7-9-23(19,20)12-17)24(21,22)16-11-14(3)13(2)10-15(16)4/h6,10-11H,1,7-9,12H2,2-5H3/t17-/m0/s1. The van der Waals surface area contributed by atoms with Crippen LogP contribution in [0.2, 0.25) is 0 Å². The molecule has 1 heterocycles. The van der Waals surface area contributed by atoms with Crippen molar-refractivity contribution in [1.29, 1.82) is 0 Å². The van der Waals surface area contributed by atoms with Gasteiger partial charge in [0.2, 0.25) is 10.0 Å². The van der Waals surface area contributed by atoms with E-state index in [4.69, 9.17) is 0 Å². The zero-order valence-corrected chi connectivity index (χ0v) is 16.3. The molecule has 0 N–H and O–H groups in total. The summed E-state index contributed by atoms with van der Waals surface area (Å²) in [7, 11) is -7.05. The second-order valence-electron chi connectivity index (χ2n) is 6.87. The van der Waals surface area contributed by atoms with E-state index < -0.39 is 25.4 Å². The third-order valence-corrected chi connectivity index (χ3v) is 8.79. The number of aryl methyl sites for hydroxylation is 3. The summed E-state index contributed by atoms with van der Waals surface area (Å²) in [5, 5.41) is 0. The quantitative estimate of drug-likeness (QED) is 0.745. The van der Waals surface area contributed by atoms with Crippen LogP contribution in [-0.2, 0) is 19.9 Å². The maximum Gasteiger partial charge on any atom is 0.244 e. The zero-order valence-electron chi connectivity index (χ0n) is 14.7. The van der Waals surface area contributed by atoms with Crippen molar-refractivity contribution in [2.75, 3.05) is 18.1 Å². The smallest absolute Gasteiger partial charge is 0.229 e. The Morgan fingerprint density at radius 1 is 1.21 bits per heavy atom. The van der Waals surface area contributed by atoms with E-state index in [0.717, 1.165) is 11.1 Å². The third-order valence-electron chi connectivity index (χ3n) is 4.74. The molecule has 134 valence electrons. The van der Waals surface area contributed by atoms with Crippen LogP contribution < -0.4 is 0 Å². The molecule has 0 unspecified atom stereocenters. The summed E-state index contributed by atoms with van der Waals surface area (Å²) in [5.74, 6) is -0.143. The van der Waals surface area contributed by atoms with Crippen molar-refractivity contribution in [3.05, 3.63) is 41.5 Å². The van der Waals surface area contributed by atoms with Gasteiger partial charge in [-0.2, -0.15) is 4.31 Å². The molecular formula is C17H25NO4S2. The molecule has 5 nitrogen and oxygen atoms in total. The first-order chi connectivity index (χ1) is 10.9. The minimum atomic E-state index is -3.83. The fourth-order valence-corrected chi connectivity index (χ4v) is 7.54. The Morgan fingerprint density at radius 2 is 1.79 bits per heavy atom. The van der Waals surface area contributed by atoms with Crippen molar-refractivity contribution in [1.82, 2.24) is 4.31 Å². The number of sulfonamides is 1. The van der Waals surface area contributed by atoms with Crippen molar-refractivity contribution in [3.63, 3.8) is 0 Å². The van der Waals surface area contributed by atoms with E-state index in [-0.39, 0.29) is 22.9 Å². The molecule has 1 aliphatic rings. The minimum absolute atomic E-state index is 0.0125. The second-order valence-corrected chi connectivity index (χ2v) is 10.9. The molecule has 1 aromatic rings. The van der Waals surface area contributed by atoms with Gasteiger partial charge >= 0.3 is 0 Å². The number of hydrogen-bond acceptors (Lipinski definition) is 4. The van der Waals surface area contributed by atoms with Crippen LogP contribution in [-0.4, -0.2) is 44.7 Å². The fourth-order valence-electron chi connectivity index (χ4n) is 3.25. The van der Waals surface area contributed by atoms with Crippen LogP contribution in [0.3, 0.4) is 0 Å². The highest BCUT2D eigenvalue weighted by atomic mass is 32.2. The molecule has 1 fully saturated rings. The average molecular weight is 372 g/mol. The molecule has 2 rings (SSSR count). The lowest BCUT2D eigenvalue weighted by atomic mass is 10.0. The predicted molar refractivity (Wildman–Crippen MR) is 96.4 cm³/mol. The number of rotatable bonds is 5. The summed E-state index contributed by atoms with van der Waals surface area (Å²) in [4.78, 5) is 0.234. The van der Waals surface area contributed by atoms with Crippen LogP contribution in [0, 0.1) is 20.8 Å². The van der Waals surface area contributed by atoms with E-state index in [1.165, 1.54) is 10.4 Å². The van der Waals surface area contributed by atoms with Gasteiger partial charge in [-0.05, 0) is 56.9 Å². The molecule has 0 bridgehead atoms. The monoisotopic (exact) mass is 371 g/mol. The van der Waals surface area contributed by atoms with Crippen LogP contribution in [0.15, 0.2) is 29.7 Å². The van der Waals surface area contributed by atoms with Gasteiger partial charge in [0.1, 0.15) is 0 Å². The van der Waals surface area contributed by atoms with Crippen LogP contribution >= 0.6 is 0 Å². The number of benzene rings is 1. The summed E-state index contributed by atoms with van der Waals surface area (Å²) in [6.07, 6.45) is 1.80. The third kappa shape index (κ3) is 3.43. The number of sulfone groups is 1. The summed E-state index contributed by atoms with van der Waals surface area (Å²) in [5.41, 5.74) is 1.63. The van der Waals surface area contributed by atoms with Gasteiger partial charge in [-0.25, -0.2) is 16.8 Å². The topological polar surface area (TPSA) is 71.5 Å². The molecule has 0 amide bonds. The molecule has 0 aromatic heterocycles. The van der Waals surface area contributed by atoms with Gasteiger partial charge in [-0.1, -0.05) is 12.1 Å². The molecule has 1 atom stereocenters. The Morgan fingerprint density at radius 3 is 2.29 bits per heavy atom. The highest BCUT2D eigenvalue weighted by molar-refractivity contribution is 7.92. The Labute approximate surface area is 145 Å². The van der Waals surface area contributed by atoms with E-state index in [1.807, 2.05) is 19.9 Å². The molecule has 0 aliphatic carbocycles. The lowest BCUT2D eigenvalue weighted by molar-refractivity contribution is 0.252. The first-order valence-electron chi connectivity index (χ1n) is 7.85. The zero-order chi connectivity index (χ0) is 18.3. The van der Waals surface area contributed by atoms with E-state index in [9.17, 15) is 16.8 Å². The van der Waals surface area contributed by atoms with Gasteiger partial charge in [0.25, 0.3) is 0 Å². The molecule has 1 aliphatic heterocycles. The van der Waals surface area contributed by atoms with Gasteiger partial charge in [0.15, 0.2) is 9.84 Å². The molecule has 1 saturated heterocycles. The molecule has 1 aromatic carbocycles. The van der Waals surface area contributed by atoms with Crippen molar-refractivity contribution in [3.8, 4) is 0 Å². The van der Waals surface area contributed by atoms with Crippen molar-refractivity contribution in [2.45, 2.75) is 44.6 Å². The molecule has 7 heteroatoms. The number of hydrogen-bond donors (Lipinski definition) is 0. The van der Waals surface area contributed by atoms with Gasteiger partial charge < -0.3 is 0 Å². The summed E-state index contributed by atoms with van der Waals surface area (Å²) < 4.78 is 51.8. The van der Waals surface area contributed by atoms with Crippen molar-refractivity contribution < 1.29 is 16.8 Å². The molecule has 24 heavy (non-hydrogen) atoms.